The molecule has 0 amide bonds. The second-order valence-corrected chi connectivity index (χ2v) is 1.82. The molecule has 50 valence electrons. The summed E-state index contributed by atoms with van der Waals surface area (Å²) >= 11 is 0. The molecule has 0 spiro atoms. The Morgan fingerprint density at radius 1 is 1.89 bits per heavy atom. The van der Waals surface area contributed by atoms with Crippen molar-refractivity contribution in [1.82, 2.24) is 5.32 Å². The van der Waals surface area contributed by atoms with Gasteiger partial charge in [0.25, 0.3) is 0 Å². The van der Waals surface area contributed by atoms with Crippen LogP contribution in [-0.4, -0.2) is 30.0 Å². The Morgan fingerprint density at radius 3 is 3.00 bits per heavy atom. The lowest BCUT2D eigenvalue weighted by atomic mass is 10.3. The lowest BCUT2D eigenvalue weighted by Gasteiger charge is -2.12. The largest absolute Gasteiger partial charge is 0.479 e. The van der Waals surface area contributed by atoms with E-state index < -0.39 is 12.1 Å². The second kappa shape index (κ2) is 2.59. The van der Waals surface area contributed by atoms with E-state index in [1.165, 1.54) is 0 Å². The molecule has 4 nitrogen and oxygen atoms in total. The zero-order valence-electron chi connectivity index (χ0n) is 4.87. The molecule has 0 aromatic rings. The SMILES string of the molecule is O=C(O)C1N=CCCN1. The maximum atomic E-state index is 10.2. The fraction of sp³-hybridized carbons (Fsp3) is 0.600. The fourth-order valence-corrected chi connectivity index (χ4v) is 0.668. The second-order valence-electron chi connectivity index (χ2n) is 1.82. The van der Waals surface area contributed by atoms with E-state index in [0.717, 1.165) is 6.42 Å². The van der Waals surface area contributed by atoms with Crippen LogP contribution in [0.25, 0.3) is 0 Å². The number of carboxylic acid groups (broad SMARTS) is 1. The summed E-state index contributed by atoms with van der Waals surface area (Å²) in [6.45, 7) is 0.709. The van der Waals surface area contributed by atoms with Crippen molar-refractivity contribution in [3.05, 3.63) is 0 Å². The van der Waals surface area contributed by atoms with Crippen molar-refractivity contribution in [3.63, 3.8) is 0 Å². The van der Waals surface area contributed by atoms with Gasteiger partial charge in [-0.3, -0.25) is 10.3 Å². The zero-order chi connectivity index (χ0) is 6.69. The first-order valence-corrected chi connectivity index (χ1v) is 2.78. The van der Waals surface area contributed by atoms with E-state index in [0.29, 0.717) is 6.54 Å². The van der Waals surface area contributed by atoms with Gasteiger partial charge < -0.3 is 5.11 Å². The number of carbonyl (C=O) groups is 1. The highest BCUT2D eigenvalue weighted by molar-refractivity contribution is 5.76. The number of hydrogen-bond acceptors (Lipinski definition) is 3. The molecule has 0 aliphatic carbocycles. The van der Waals surface area contributed by atoms with Gasteiger partial charge in [0.2, 0.25) is 0 Å². The summed E-state index contributed by atoms with van der Waals surface area (Å²) in [5.74, 6) is -0.911. The molecule has 1 heterocycles. The van der Waals surface area contributed by atoms with Gasteiger partial charge in [0, 0.05) is 12.8 Å². The molecule has 0 bridgehead atoms. The lowest BCUT2D eigenvalue weighted by molar-refractivity contribution is -0.139. The smallest absolute Gasteiger partial charge is 0.343 e. The number of aliphatic imine (C=N–C) groups is 1. The van der Waals surface area contributed by atoms with Gasteiger partial charge in [-0.25, -0.2) is 4.79 Å². The molecule has 0 aromatic heterocycles. The highest BCUT2D eigenvalue weighted by Crippen LogP contribution is 1.91. The van der Waals surface area contributed by atoms with Crippen molar-refractivity contribution in [1.29, 1.82) is 0 Å². The van der Waals surface area contributed by atoms with E-state index in [1.807, 2.05) is 0 Å². The quantitative estimate of drug-likeness (QED) is 0.498. The van der Waals surface area contributed by atoms with E-state index in [4.69, 9.17) is 5.11 Å². The first kappa shape index (κ1) is 6.22. The van der Waals surface area contributed by atoms with Crippen molar-refractivity contribution in [2.75, 3.05) is 6.54 Å². The maximum absolute atomic E-state index is 10.2. The first-order chi connectivity index (χ1) is 4.30. The predicted octanol–water partition coefficient (Wildman–Crippen LogP) is -0.539. The van der Waals surface area contributed by atoms with Crippen LogP contribution in [0, 0.1) is 0 Å². The number of nitrogens with zero attached hydrogens (tertiary/aromatic N) is 1. The monoisotopic (exact) mass is 128 g/mol. The van der Waals surface area contributed by atoms with Crippen molar-refractivity contribution < 1.29 is 9.90 Å². The van der Waals surface area contributed by atoms with Gasteiger partial charge in [0.15, 0.2) is 6.17 Å². The van der Waals surface area contributed by atoms with Gasteiger partial charge in [-0.1, -0.05) is 0 Å². The maximum Gasteiger partial charge on any atom is 0.343 e. The normalized spacial score (nSPS) is 26.0. The van der Waals surface area contributed by atoms with Crippen molar-refractivity contribution in [3.8, 4) is 0 Å². The van der Waals surface area contributed by atoms with Crippen LogP contribution in [0.5, 0.6) is 0 Å². The Hall–Kier alpha value is -0.900. The summed E-state index contributed by atoms with van der Waals surface area (Å²) in [5.41, 5.74) is 0. The molecule has 0 saturated heterocycles. The Morgan fingerprint density at radius 2 is 2.67 bits per heavy atom. The van der Waals surface area contributed by atoms with E-state index >= 15 is 0 Å². The minimum Gasteiger partial charge on any atom is -0.479 e. The molecular weight excluding hydrogens is 120 g/mol. The van der Waals surface area contributed by atoms with E-state index in [1.54, 1.807) is 6.21 Å². The summed E-state index contributed by atoms with van der Waals surface area (Å²) in [4.78, 5) is 13.9. The third kappa shape index (κ3) is 1.50. The van der Waals surface area contributed by atoms with Gasteiger partial charge in [-0.05, 0) is 6.42 Å². The minimum absolute atomic E-state index is 0.709. The minimum atomic E-state index is -0.911. The molecule has 2 N–H and O–H groups in total. The summed E-state index contributed by atoms with van der Waals surface area (Å²) in [6, 6.07) is 0. The average molecular weight is 128 g/mol. The van der Waals surface area contributed by atoms with Crippen molar-refractivity contribution in [2.45, 2.75) is 12.6 Å². The number of carboxylic acids is 1. The Labute approximate surface area is 52.6 Å². The van der Waals surface area contributed by atoms with E-state index in [9.17, 15) is 4.79 Å². The highest BCUT2D eigenvalue weighted by Gasteiger charge is 2.15. The summed E-state index contributed by atoms with van der Waals surface area (Å²) < 4.78 is 0. The lowest BCUT2D eigenvalue weighted by Crippen LogP contribution is -2.38. The topological polar surface area (TPSA) is 61.7 Å². The number of aliphatic carboxylic acids is 1. The molecule has 0 fully saturated rings. The van der Waals surface area contributed by atoms with E-state index in [-0.39, 0.29) is 0 Å². The van der Waals surface area contributed by atoms with E-state index in [2.05, 4.69) is 10.3 Å². The zero-order valence-corrected chi connectivity index (χ0v) is 4.87. The molecule has 4 heteroatoms. The molecule has 9 heavy (non-hydrogen) atoms. The Bertz CT molecular complexity index is 144. The van der Waals surface area contributed by atoms with Gasteiger partial charge in [0.05, 0.1) is 0 Å². The molecule has 0 aromatic carbocycles. The highest BCUT2D eigenvalue weighted by atomic mass is 16.4. The van der Waals surface area contributed by atoms with Crippen LogP contribution in [0.15, 0.2) is 4.99 Å². The molecule has 1 rings (SSSR count). The molecule has 1 aliphatic rings. The number of rotatable bonds is 1. The van der Waals surface area contributed by atoms with Crippen molar-refractivity contribution in [2.24, 2.45) is 4.99 Å². The van der Waals surface area contributed by atoms with Gasteiger partial charge in [-0.2, -0.15) is 0 Å². The van der Waals surface area contributed by atoms with Crippen LogP contribution >= 0.6 is 0 Å². The summed E-state index contributed by atoms with van der Waals surface area (Å²) in [7, 11) is 0. The van der Waals surface area contributed by atoms with Crippen LogP contribution in [0.2, 0.25) is 0 Å². The molecule has 0 radical (unpaired) electrons. The Kier molecular flexibility index (Phi) is 1.79. The van der Waals surface area contributed by atoms with Gasteiger partial charge >= 0.3 is 5.97 Å². The molecule has 1 unspecified atom stereocenters. The average Bonchev–Trinajstić information content (AvgIpc) is 1.90. The summed E-state index contributed by atoms with van der Waals surface area (Å²) in [5, 5.41) is 11.1. The van der Waals surface area contributed by atoms with Crippen LogP contribution in [0.4, 0.5) is 0 Å². The predicted molar refractivity (Wildman–Crippen MR) is 32.5 cm³/mol. The molecule has 0 saturated carbocycles. The van der Waals surface area contributed by atoms with Gasteiger partial charge in [-0.15, -0.1) is 0 Å². The summed E-state index contributed by atoms with van der Waals surface area (Å²) in [6.07, 6.45) is 1.75. The molecule has 1 aliphatic heterocycles. The van der Waals surface area contributed by atoms with Gasteiger partial charge in [0.1, 0.15) is 0 Å². The first-order valence-electron chi connectivity index (χ1n) is 2.78. The van der Waals surface area contributed by atoms with Crippen LogP contribution in [0.1, 0.15) is 6.42 Å². The van der Waals surface area contributed by atoms with Crippen LogP contribution in [-0.2, 0) is 4.79 Å². The fourth-order valence-electron chi connectivity index (χ4n) is 0.668. The van der Waals surface area contributed by atoms with Crippen LogP contribution in [0.3, 0.4) is 0 Å². The third-order valence-corrected chi connectivity index (χ3v) is 1.10. The van der Waals surface area contributed by atoms with Crippen molar-refractivity contribution >= 4 is 12.2 Å². The standard InChI is InChI=1S/C5H8N2O2/c8-5(9)4-6-2-1-3-7-4/h2,4,7H,1,3H2,(H,8,9). The number of hydrogen-bond donors (Lipinski definition) is 2. The Balaban J connectivity index is 2.50. The third-order valence-electron chi connectivity index (χ3n) is 1.10. The number of nitrogens with one attached hydrogen (secondary N) is 1. The molecule has 1 atom stereocenters. The molecular formula is C5H8N2O2. The van der Waals surface area contributed by atoms with Crippen LogP contribution < -0.4 is 5.32 Å².